The molecule has 78 valence electrons. The third kappa shape index (κ3) is 1.71. The van der Waals surface area contributed by atoms with Crippen molar-refractivity contribution in [3.05, 3.63) is 23.7 Å². The van der Waals surface area contributed by atoms with Gasteiger partial charge in [0.1, 0.15) is 11.2 Å². The second-order valence-electron chi connectivity index (χ2n) is 3.65. The van der Waals surface area contributed by atoms with Gasteiger partial charge in [-0.2, -0.15) is 0 Å². The Morgan fingerprint density at radius 2 is 2.50 bits per heavy atom. The summed E-state index contributed by atoms with van der Waals surface area (Å²) in [6.45, 7) is 0. The van der Waals surface area contributed by atoms with Gasteiger partial charge >= 0.3 is 0 Å². The molecular formula is C11H16O2S. The first-order valence-corrected chi connectivity index (χ1v) is 6.27. The molecule has 0 fully saturated rings. The summed E-state index contributed by atoms with van der Waals surface area (Å²) in [7, 11) is 1.78. The number of fused-ring (bicyclic) bond motifs is 1. The summed E-state index contributed by atoms with van der Waals surface area (Å²) < 4.78 is 11.0. The molecule has 1 aromatic rings. The van der Waals surface area contributed by atoms with Crippen LogP contribution in [0.2, 0.25) is 0 Å². The molecule has 0 N–H and O–H groups in total. The van der Waals surface area contributed by atoms with Gasteiger partial charge in [0.05, 0.1) is 12.2 Å². The van der Waals surface area contributed by atoms with Crippen LogP contribution < -0.4 is 0 Å². The molecule has 2 unspecified atom stereocenters. The van der Waals surface area contributed by atoms with E-state index < -0.39 is 0 Å². The van der Waals surface area contributed by atoms with Gasteiger partial charge < -0.3 is 9.15 Å². The Bertz CT molecular complexity index is 291. The Morgan fingerprint density at radius 1 is 1.64 bits per heavy atom. The lowest BCUT2D eigenvalue weighted by Gasteiger charge is -2.26. The normalized spacial score (nSPS) is 23.1. The second kappa shape index (κ2) is 4.41. The van der Waals surface area contributed by atoms with Crippen LogP contribution in [-0.4, -0.2) is 18.8 Å². The lowest BCUT2D eigenvalue weighted by molar-refractivity contribution is 0.134. The van der Waals surface area contributed by atoms with E-state index in [1.165, 1.54) is 18.4 Å². The lowest BCUT2D eigenvalue weighted by atomic mass is 9.89. The number of aryl methyl sites for hydroxylation is 1. The predicted octanol–water partition coefficient (Wildman–Crippen LogP) is 3.04. The fraction of sp³-hybridized carbons (Fsp3) is 0.636. The molecule has 0 saturated carbocycles. The summed E-state index contributed by atoms with van der Waals surface area (Å²) in [6.07, 6.45) is 7.48. The van der Waals surface area contributed by atoms with Gasteiger partial charge in [-0.15, -0.1) is 11.8 Å². The topological polar surface area (TPSA) is 22.4 Å². The Hall–Kier alpha value is -0.410. The zero-order valence-corrected chi connectivity index (χ0v) is 9.47. The fourth-order valence-corrected chi connectivity index (χ4v) is 2.99. The molecular weight excluding hydrogens is 196 g/mol. The van der Waals surface area contributed by atoms with Crippen molar-refractivity contribution < 1.29 is 9.15 Å². The average molecular weight is 212 g/mol. The quantitative estimate of drug-likeness (QED) is 0.719. The van der Waals surface area contributed by atoms with Crippen molar-refractivity contribution in [2.45, 2.75) is 30.6 Å². The minimum atomic E-state index is 0.236. The van der Waals surface area contributed by atoms with Gasteiger partial charge in [0.2, 0.25) is 0 Å². The zero-order chi connectivity index (χ0) is 9.97. The molecule has 0 amide bonds. The Balaban J connectivity index is 2.22. The third-order valence-corrected chi connectivity index (χ3v) is 3.86. The van der Waals surface area contributed by atoms with Gasteiger partial charge in [0, 0.05) is 7.11 Å². The zero-order valence-electron chi connectivity index (χ0n) is 8.66. The van der Waals surface area contributed by atoms with E-state index in [-0.39, 0.29) is 5.44 Å². The third-order valence-electron chi connectivity index (χ3n) is 2.87. The molecule has 14 heavy (non-hydrogen) atoms. The standard InChI is InChI=1S/C11H16O2S/c1-12-11(14-2)9-5-3-4-8-6-7-13-10(8)9/h6-7,9,11H,3-5H2,1-2H3. The van der Waals surface area contributed by atoms with Gasteiger partial charge in [0.25, 0.3) is 0 Å². The van der Waals surface area contributed by atoms with E-state index in [9.17, 15) is 0 Å². The first-order chi connectivity index (χ1) is 6.86. The minimum Gasteiger partial charge on any atom is -0.469 e. The highest BCUT2D eigenvalue weighted by atomic mass is 32.2. The Morgan fingerprint density at radius 3 is 3.21 bits per heavy atom. The SMILES string of the molecule is COC(SC)C1CCCc2ccoc21. The van der Waals surface area contributed by atoms with E-state index in [1.807, 2.05) is 0 Å². The number of ether oxygens (including phenoxy) is 1. The number of rotatable bonds is 3. The largest absolute Gasteiger partial charge is 0.469 e. The lowest BCUT2D eigenvalue weighted by Crippen LogP contribution is -2.20. The van der Waals surface area contributed by atoms with E-state index in [4.69, 9.17) is 9.15 Å². The summed E-state index contributed by atoms with van der Waals surface area (Å²) in [5.74, 6) is 1.59. The molecule has 1 heterocycles. The van der Waals surface area contributed by atoms with E-state index in [2.05, 4.69) is 12.3 Å². The van der Waals surface area contributed by atoms with Crippen LogP contribution in [0.15, 0.2) is 16.7 Å². The minimum absolute atomic E-state index is 0.236. The molecule has 2 atom stereocenters. The van der Waals surface area contributed by atoms with Crippen molar-refractivity contribution in [1.82, 2.24) is 0 Å². The molecule has 0 aromatic carbocycles. The highest BCUT2D eigenvalue weighted by Gasteiger charge is 2.30. The van der Waals surface area contributed by atoms with E-state index in [0.29, 0.717) is 5.92 Å². The molecule has 2 nitrogen and oxygen atoms in total. The molecule has 1 aromatic heterocycles. The van der Waals surface area contributed by atoms with Crippen LogP contribution in [-0.2, 0) is 11.2 Å². The maximum absolute atomic E-state index is 5.56. The summed E-state index contributed by atoms with van der Waals surface area (Å²) in [5.41, 5.74) is 1.61. The monoisotopic (exact) mass is 212 g/mol. The van der Waals surface area contributed by atoms with Crippen LogP contribution in [0, 0.1) is 0 Å². The number of methoxy groups -OCH3 is 1. The predicted molar refractivity (Wildman–Crippen MR) is 58.7 cm³/mol. The van der Waals surface area contributed by atoms with Crippen molar-refractivity contribution in [3.8, 4) is 0 Å². The van der Waals surface area contributed by atoms with Crippen molar-refractivity contribution in [1.29, 1.82) is 0 Å². The highest BCUT2D eigenvalue weighted by molar-refractivity contribution is 7.99. The molecule has 2 rings (SSSR count). The molecule has 0 saturated heterocycles. The van der Waals surface area contributed by atoms with Gasteiger partial charge in [-0.3, -0.25) is 0 Å². The highest BCUT2D eigenvalue weighted by Crippen LogP contribution is 2.38. The number of thioether (sulfide) groups is 1. The molecule has 0 aliphatic heterocycles. The van der Waals surface area contributed by atoms with Gasteiger partial charge in [-0.05, 0) is 37.1 Å². The number of hydrogen-bond donors (Lipinski definition) is 0. The van der Waals surface area contributed by atoms with Crippen molar-refractivity contribution in [2.75, 3.05) is 13.4 Å². The second-order valence-corrected chi connectivity index (χ2v) is 4.58. The Labute approximate surface area is 89.0 Å². The van der Waals surface area contributed by atoms with Crippen LogP contribution in [0.1, 0.15) is 30.1 Å². The average Bonchev–Trinajstić information content (AvgIpc) is 2.68. The first-order valence-electron chi connectivity index (χ1n) is 4.98. The van der Waals surface area contributed by atoms with Crippen LogP contribution >= 0.6 is 11.8 Å². The fourth-order valence-electron chi connectivity index (χ4n) is 2.21. The molecule has 0 bridgehead atoms. The van der Waals surface area contributed by atoms with E-state index in [0.717, 1.165) is 12.2 Å². The summed E-state index contributed by atoms with van der Waals surface area (Å²) in [6, 6.07) is 2.09. The summed E-state index contributed by atoms with van der Waals surface area (Å²) in [5, 5.41) is 0. The molecule has 0 radical (unpaired) electrons. The van der Waals surface area contributed by atoms with Crippen molar-refractivity contribution in [3.63, 3.8) is 0 Å². The smallest absolute Gasteiger partial charge is 0.113 e. The van der Waals surface area contributed by atoms with Crippen molar-refractivity contribution in [2.24, 2.45) is 0 Å². The van der Waals surface area contributed by atoms with Gasteiger partial charge in [0.15, 0.2) is 0 Å². The maximum atomic E-state index is 5.56. The van der Waals surface area contributed by atoms with Crippen LogP contribution in [0.4, 0.5) is 0 Å². The van der Waals surface area contributed by atoms with Crippen molar-refractivity contribution >= 4 is 11.8 Å². The van der Waals surface area contributed by atoms with E-state index >= 15 is 0 Å². The van der Waals surface area contributed by atoms with E-state index in [1.54, 1.807) is 25.1 Å². The molecule has 1 aliphatic rings. The van der Waals surface area contributed by atoms with Gasteiger partial charge in [-0.25, -0.2) is 0 Å². The van der Waals surface area contributed by atoms with Crippen LogP contribution in [0.3, 0.4) is 0 Å². The maximum Gasteiger partial charge on any atom is 0.113 e. The molecule has 0 spiro atoms. The number of hydrogen-bond acceptors (Lipinski definition) is 3. The Kier molecular flexibility index (Phi) is 3.19. The summed E-state index contributed by atoms with van der Waals surface area (Å²) >= 11 is 1.76. The first kappa shape index (κ1) is 10.1. The molecule has 3 heteroatoms. The van der Waals surface area contributed by atoms with Gasteiger partial charge in [-0.1, -0.05) is 0 Å². The van der Waals surface area contributed by atoms with Crippen LogP contribution in [0.5, 0.6) is 0 Å². The van der Waals surface area contributed by atoms with Crippen LogP contribution in [0.25, 0.3) is 0 Å². The summed E-state index contributed by atoms with van der Waals surface area (Å²) in [4.78, 5) is 0. The molecule has 1 aliphatic carbocycles. The number of furan rings is 1.